The van der Waals surface area contributed by atoms with Crippen molar-refractivity contribution in [3.8, 4) is 5.75 Å². The van der Waals surface area contributed by atoms with Gasteiger partial charge in [-0.25, -0.2) is 4.79 Å². The maximum atomic E-state index is 12.4. The van der Waals surface area contributed by atoms with Crippen LogP contribution in [0.15, 0.2) is 24.3 Å². The van der Waals surface area contributed by atoms with E-state index in [4.69, 9.17) is 9.47 Å². The van der Waals surface area contributed by atoms with E-state index in [0.717, 1.165) is 0 Å². The summed E-state index contributed by atoms with van der Waals surface area (Å²) < 4.78 is 10.4. The number of anilines is 1. The minimum absolute atomic E-state index is 0.0307. The van der Waals surface area contributed by atoms with Gasteiger partial charge >= 0.3 is 5.97 Å². The highest BCUT2D eigenvalue weighted by molar-refractivity contribution is 6.01. The smallest absolute Gasteiger partial charge is 0.326 e. The zero-order valence-corrected chi connectivity index (χ0v) is 14.9. The number of hydrogen-bond donors (Lipinski definition) is 2. The van der Waals surface area contributed by atoms with Crippen LogP contribution in [0.5, 0.6) is 5.75 Å². The third-order valence-corrected chi connectivity index (χ3v) is 4.18. The fourth-order valence-electron chi connectivity index (χ4n) is 2.86. The first-order chi connectivity index (χ1) is 12.5. The second kappa shape index (κ2) is 9.19. The number of ether oxygens (including phenoxy) is 2. The largest absolute Gasteiger partial charge is 0.492 e. The molecule has 2 unspecified atom stereocenters. The van der Waals surface area contributed by atoms with Gasteiger partial charge in [0.2, 0.25) is 11.8 Å². The Bertz CT molecular complexity index is 663. The van der Waals surface area contributed by atoms with Crippen molar-refractivity contribution in [2.45, 2.75) is 25.8 Å². The van der Waals surface area contributed by atoms with Gasteiger partial charge in [-0.3, -0.25) is 9.59 Å². The third-order valence-electron chi connectivity index (χ3n) is 4.18. The molecule has 8 nitrogen and oxygen atoms in total. The Hall–Kier alpha value is -2.61. The van der Waals surface area contributed by atoms with E-state index in [1.165, 1.54) is 12.0 Å². The number of hydrogen-bond acceptors (Lipinski definition) is 5. The van der Waals surface area contributed by atoms with Crippen LogP contribution >= 0.6 is 0 Å². The van der Waals surface area contributed by atoms with Crippen LogP contribution in [0, 0.1) is 5.92 Å². The number of methoxy groups -OCH3 is 1. The molecule has 142 valence electrons. The predicted octanol–water partition coefficient (Wildman–Crippen LogP) is 1.04. The van der Waals surface area contributed by atoms with Crippen molar-refractivity contribution in [1.82, 2.24) is 5.32 Å². The highest BCUT2D eigenvalue weighted by atomic mass is 16.5. The van der Waals surface area contributed by atoms with E-state index in [1.807, 2.05) is 13.0 Å². The highest BCUT2D eigenvalue weighted by Crippen LogP contribution is 2.33. The van der Waals surface area contributed by atoms with Crippen LogP contribution in [0.25, 0.3) is 0 Å². The van der Waals surface area contributed by atoms with Crippen molar-refractivity contribution in [2.75, 3.05) is 31.8 Å². The fraction of sp³-hybridized carbons (Fsp3) is 0.500. The number of para-hydroxylation sites is 2. The Morgan fingerprint density at radius 1 is 1.38 bits per heavy atom. The van der Waals surface area contributed by atoms with Crippen LogP contribution in [0.2, 0.25) is 0 Å². The second-order valence-corrected chi connectivity index (χ2v) is 5.99. The number of carboxylic acids is 1. The maximum Gasteiger partial charge on any atom is 0.326 e. The predicted molar refractivity (Wildman–Crippen MR) is 94.1 cm³/mol. The lowest BCUT2D eigenvalue weighted by atomic mass is 10.1. The van der Waals surface area contributed by atoms with E-state index in [-0.39, 0.29) is 31.9 Å². The highest BCUT2D eigenvalue weighted by Gasteiger charge is 2.37. The Balaban J connectivity index is 2.07. The number of amides is 2. The molecular weight excluding hydrogens is 340 g/mol. The van der Waals surface area contributed by atoms with Gasteiger partial charge in [0.25, 0.3) is 0 Å². The van der Waals surface area contributed by atoms with Crippen molar-refractivity contribution in [1.29, 1.82) is 0 Å². The van der Waals surface area contributed by atoms with E-state index in [0.29, 0.717) is 18.0 Å². The lowest BCUT2D eigenvalue weighted by Crippen LogP contribution is -2.44. The number of carboxylic acid groups (broad SMARTS) is 1. The standard InChI is InChI=1S/C18H24N2O6/c1-3-26-15-7-5-4-6-14(15)20-11-12(10-16(20)21)17(22)19-13(18(23)24)8-9-25-2/h4-7,12-13H,3,8-11H2,1-2H3,(H,19,22)(H,23,24). The van der Waals surface area contributed by atoms with Crippen molar-refractivity contribution in [2.24, 2.45) is 5.92 Å². The van der Waals surface area contributed by atoms with Gasteiger partial charge in [0.05, 0.1) is 18.2 Å². The Morgan fingerprint density at radius 3 is 2.77 bits per heavy atom. The number of nitrogens with zero attached hydrogens (tertiary/aromatic N) is 1. The zero-order chi connectivity index (χ0) is 19.1. The third kappa shape index (κ3) is 4.72. The van der Waals surface area contributed by atoms with E-state index >= 15 is 0 Å². The second-order valence-electron chi connectivity index (χ2n) is 5.99. The average Bonchev–Trinajstić information content (AvgIpc) is 3.00. The normalized spacial score (nSPS) is 17.8. The van der Waals surface area contributed by atoms with E-state index in [9.17, 15) is 19.5 Å². The molecule has 2 rings (SSSR count). The van der Waals surface area contributed by atoms with Gasteiger partial charge in [0, 0.05) is 33.1 Å². The number of carbonyl (C=O) groups excluding carboxylic acids is 2. The summed E-state index contributed by atoms with van der Waals surface area (Å²) in [5.74, 6) is -1.80. The molecule has 2 N–H and O–H groups in total. The molecule has 2 amide bonds. The maximum absolute atomic E-state index is 12.4. The van der Waals surface area contributed by atoms with Crippen LogP contribution < -0.4 is 15.0 Å². The van der Waals surface area contributed by atoms with Crippen LogP contribution in [0.1, 0.15) is 19.8 Å². The van der Waals surface area contributed by atoms with Crippen molar-refractivity contribution < 1.29 is 29.0 Å². The summed E-state index contributed by atoms with van der Waals surface area (Å²) in [6, 6.07) is 6.10. The molecule has 1 heterocycles. The van der Waals surface area contributed by atoms with Gasteiger partial charge in [0.1, 0.15) is 11.8 Å². The minimum Gasteiger partial charge on any atom is -0.492 e. The van der Waals surface area contributed by atoms with Gasteiger partial charge in [-0.05, 0) is 19.1 Å². The van der Waals surface area contributed by atoms with E-state index in [2.05, 4.69) is 5.32 Å². The summed E-state index contributed by atoms with van der Waals surface area (Å²) in [6.45, 7) is 2.72. The molecule has 1 aliphatic rings. The zero-order valence-electron chi connectivity index (χ0n) is 14.9. The van der Waals surface area contributed by atoms with Gasteiger partial charge in [-0.1, -0.05) is 12.1 Å². The Kier molecular flexibility index (Phi) is 6.97. The summed E-state index contributed by atoms with van der Waals surface area (Å²) in [7, 11) is 1.46. The summed E-state index contributed by atoms with van der Waals surface area (Å²) in [4.78, 5) is 37.6. The summed E-state index contributed by atoms with van der Waals surface area (Å²) in [5, 5.41) is 11.7. The number of nitrogens with one attached hydrogen (secondary N) is 1. The Labute approximate surface area is 152 Å². The van der Waals surface area contributed by atoms with Crippen molar-refractivity contribution >= 4 is 23.5 Å². The monoisotopic (exact) mass is 364 g/mol. The molecule has 0 bridgehead atoms. The molecule has 0 spiro atoms. The number of carbonyl (C=O) groups is 3. The van der Waals surface area contributed by atoms with E-state index in [1.54, 1.807) is 18.2 Å². The minimum atomic E-state index is -1.13. The van der Waals surface area contributed by atoms with Crippen LogP contribution in [-0.2, 0) is 19.1 Å². The first-order valence-corrected chi connectivity index (χ1v) is 8.52. The molecule has 0 aliphatic carbocycles. The summed E-state index contributed by atoms with van der Waals surface area (Å²) in [6.07, 6.45) is 0.192. The lowest BCUT2D eigenvalue weighted by Gasteiger charge is -2.20. The van der Waals surface area contributed by atoms with Crippen molar-refractivity contribution in [3.05, 3.63) is 24.3 Å². The first kappa shape index (κ1) is 19.7. The number of rotatable bonds is 9. The molecule has 1 fully saturated rings. The van der Waals surface area contributed by atoms with Gasteiger partial charge in [-0.15, -0.1) is 0 Å². The molecule has 1 aromatic rings. The molecule has 8 heteroatoms. The first-order valence-electron chi connectivity index (χ1n) is 8.52. The van der Waals surface area contributed by atoms with Crippen LogP contribution in [0.4, 0.5) is 5.69 Å². The summed E-state index contributed by atoms with van der Waals surface area (Å²) in [5.41, 5.74) is 0.615. The molecule has 0 saturated carbocycles. The molecule has 2 atom stereocenters. The van der Waals surface area contributed by atoms with E-state index < -0.39 is 23.8 Å². The average molecular weight is 364 g/mol. The fourth-order valence-corrected chi connectivity index (χ4v) is 2.86. The van der Waals surface area contributed by atoms with Gasteiger partial charge in [0.15, 0.2) is 0 Å². The number of aliphatic carboxylic acids is 1. The molecule has 0 radical (unpaired) electrons. The molecule has 1 aliphatic heterocycles. The lowest BCUT2D eigenvalue weighted by molar-refractivity contribution is -0.142. The molecule has 26 heavy (non-hydrogen) atoms. The summed E-state index contributed by atoms with van der Waals surface area (Å²) >= 11 is 0. The van der Waals surface area contributed by atoms with Gasteiger partial charge in [-0.2, -0.15) is 0 Å². The molecular formula is C18H24N2O6. The molecule has 0 aromatic heterocycles. The quantitative estimate of drug-likeness (QED) is 0.678. The number of benzene rings is 1. The van der Waals surface area contributed by atoms with Gasteiger partial charge < -0.3 is 24.8 Å². The molecule has 1 saturated heterocycles. The topological polar surface area (TPSA) is 105 Å². The van der Waals surface area contributed by atoms with Crippen molar-refractivity contribution in [3.63, 3.8) is 0 Å². The van der Waals surface area contributed by atoms with Crippen LogP contribution in [-0.4, -0.2) is 55.8 Å². The Morgan fingerprint density at radius 2 is 2.12 bits per heavy atom. The van der Waals surface area contributed by atoms with Crippen LogP contribution in [0.3, 0.4) is 0 Å². The SMILES string of the molecule is CCOc1ccccc1N1CC(C(=O)NC(CCOC)C(=O)O)CC1=O. The molecule has 1 aromatic carbocycles.